The minimum absolute atomic E-state index is 0.0686. The van der Waals surface area contributed by atoms with E-state index in [0.717, 1.165) is 0 Å². The Hall–Kier alpha value is -2.73. The standard InChI is InChI=1S/C23H26O10/c1-10-8-13(31-23-19(28)18(27)17(26)14(9-25)32-23)20(30-2)21-15(10)12-5-3-4-11(6-7-24)16(12)22(29)33-21/h3-5,8,14,17-19,23-28H,6-7,9H2,1-2H3/t14-,17-,18+,19-,23-/m1/s1. The second-order valence-electron chi connectivity index (χ2n) is 7.95. The van der Waals surface area contributed by atoms with Crippen LogP contribution in [0.1, 0.15) is 11.1 Å². The first-order chi connectivity index (χ1) is 15.8. The van der Waals surface area contributed by atoms with E-state index in [1.165, 1.54) is 7.11 Å². The molecule has 1 aromatic heterocycles. The Morgan fingerprint density at radius 1 is 1.06 bits per heavy atom. The van der Waals surface area contributed by atoms with Crippen LogP contribution in [0.4, 0.5) is 0 Å². The van der Waals surface area contributed by atoms with Gasteiger partial charge in [-0.2, -0.15) is 0 Å². The first-order valence-electron chi connectivity index (χ1n) is 10.5. The second kappa shape index (κ2) is 9.26. The monoisotopic (exact) mass is 462 g/mol. The summed E-state index contributed by atoms with van der Waals surface area (Å²) in [5.74, 6) is 0.139. The molecule has 0 spiro atoms. The van der Waals surface area contributed by atoms with E-state index in [0.29, 0.717) is 33.7 Å². The van der Waals surface area contributed by atoms with Gasteiger partial charge in [0.25, 0.3) is 0 Å². The van der Waals surface area contributed by atoms with E-state index in [1.54, 1.807) is 31.2 Å². The van der Waals surface area contributed by atoms with Crippen LogP contribution in [0, 0.1) is 6.92 Å². The highest BCUT2D eigenvalue weighted by atomic mass is 16.7. The van der Waals surface area contributed by atoms with Crippen LogP contribution in [0.15, 0.2) is 33.5 Å². The van der Waals surface area contributed by atoms with Crippen molar-refractivity contribution in [3.63, 3.8) is 0 Å². The molecule has 33 heavy (non-hydrogen) atoms. The SMILES string of the molecule is COc1c(O[C@@H]2O[C@H](CO)[C@@H](O)[C@H](O)[C@H]2O)cc(C)c2c1oc(=O)c1c(CCO)cccc12. The maximum Gasteiger partial charge on any atom is 0.344 e. The molecular formula is C23H26O10. The van der Waals surface area contributed by atoms with Crippen LogP contribution in [0.3, 0.4) is 0 Å². The van der Waals surface area contributed by atoms with Gasteiger partial charge in [-0.1, -0.05) is 18.2 Å². The van der Waals surface area contributed by atoms with Gasteiger partial charge in [-0.15, -0.1) is 0 Å². The summed E-state index contributed by atoms with van der Waals surface area (Å²) in [5.41, 5.74) is 0.839. The summed E-state index contributed by atoms with van der Waals surface area (Å²) in [7, 11) is 1.36. The molecular weight excluding hydrogens is 436 g/mol. The predicted molar refractivity (Wildman–Crippen MR) is 116 cm³/mol. The lowest BCUT2D eigenvalue weighted by Crippen LogP contribution is -2.60. The lowest BCUT2D eigenvalue weighted by molar-refractivity contribution is -0.277. The molecule has 10 heteroatoms. The number of methoxy groups -OCH3 is 1. The average Bonchev–Trinajstić information content (AvgIpc) is 2.79. The lowest BCUT2D eigenvalue weighted by atomic mass is 9.98. The van der Waals surface area contributed by atoms with Crippen molar-refractivity contribution in [1.29, 1.82) is 0 Å². The number of hydrogen-bond donors (Lipinski definition) is 5. The number of ether oxygens (including phenoxy) is 3. The lowest BCUT2D eigenvalue weighted by Gasteiger charge is -2.39. The molecule has 4 rings (SSSR count). The Morgan fingerprint density at radius 3 is 2.48 bits per heavy atom. The first kappa shape index (κ1) is 23.4. The van der Waals surface area contributed by atoms with Gasteiger partial charge in [-0.3, -0.25) is 0 Å². The van der Waals surface area contributed by atoms with Gasteiger partial charge in [0.05, 0.1) is 19.1 Å². The highest BCUT2D eigenvalue weighted by Crippen LogP contribution is 2.41. The fraction of sp³-hybridized carbons (Fsp3) is 0.435. The van der Waals surface area contributed by atoms with Crippen molar-refractivity contribution < 1.29 is 44.2 Å². The van der Waals surface area contributed by atoms with Crippen LogP contribution in [0.25, 0.3) is 21.7 Å². The molecule has 2 heterocycles. The van der Waals surface area contributed by atoms with E-state index in [-0.39, 0.29) is 23.7 Å². The van der Waals surface area contributed by atoms with E-state index in [4.69, 9.17) is 18.6 Å². The quantitative estimate of drug-likeness (QED) is 0.249. The zero-order valence-electron chi connectivity index (χ0n) is 18.1. The predicted octanol–water partition coefficient (Wildman–Crippen LogP) is -0.0233. The Bertz CT molecular complexity index is 1220. The van der Waals surface area contributed by atoms with E-state index in [1.807, 2.05) is 0 Å². The van der Waals surface area contributed by atoms with Gasteiger partial charge in [0.2, 0.25) is 12.0 Å². The van der Waals surface area contributed by atoms with Crippen molar-refractivity contribution in [2.45, 2.75) is 44.1 Å². The summed E-state index contributed by atoms with van der Waals surface area (Å²) < 4.78 is 22.3. The van der Waals surface area contributed by atoms with Crippen molar-refractivity contribution in [2.75, 3.05) is 20.3 Å². The Labute approximate surface area is 188 Å². The van der Waals surface area contributed by atoms with E-state index < -0.39 is 42.9 Å². The summed E-state index contributed by atoms with van der Waals surface area (Å²) >= 11 is 0. The number of rotatable bonds is 6. The van der Waals surface area contributed by atoms with Crippen LogP contribution in [0.5, 0.6) is 11.5 Å². The van der Waals surface area contributed by atoms with Crippen LogP contribution in [-0.4, -0.2) is 76.6 Å². The Kier molecular flexibility index (Phi) is 6.57. The van der Waals surface area contributed by atoms with E-state index in [2.05, 4.69) is 0 Å². The molecule has 1 aliphatic heterocycles. The molecule has 5 N–H and O–H groups in total. The fourth-order valence-corrected chi connectivity index (χ4v) is 4.26. The molecule has 5 atom stereocenters. The molecule has 0 amide bonds. The van der Waals surface area contributed by atoms with Crippen molar-refractivity contribution in [2.24, 2.45) is 0 Å². The maximum absolute atomic E-state index is 12.9. The highest BCUT2D eigenvalue weighted by Gasteiger charge is 2.45. The molecule has 2 aromatic carbocycles. The van der Waals surface area contributed by atoms with Crippen molar-refractivity contribution in [3.8, 4) is 11.5 Å². The molecule has 0 aliphatic carbocycles. The summed E-state index contributed by atoms with van der Waals surface area (Å²) in [6.45, 7) is 1.06. The zero-order chi connectivity index (χ0) is 23.9. The molecule has 1 saturated heterocycles. The van der Waals surface area contributed by atoms with Crippen molar-refractivity contribution >= 4 is 21.7 Å². The average molecular weight is 462 g/mol. The third-order valence-electron chi connectivity index (χ3n) is 5.89. The summed E-state index contributed by atoms with van der Waals surface area (Å²) in [6.07, 6.45) is -7.04. The zero-order valence-corrected chi connectivity index (χ0v) is 18.1. The number of aliphatic hydroxyl groups excluding tert-OH is 5. The minimum Gasteiger partial charge on any atom is -0.490 e. The van der Waals surface area contributed by atoms with Gasteiger partial charge >= 0.3 is 5.63 Å². The molecule has 3 aromatic rings. The highest BCUT2D eigenvalue weighted by molar-refractivity contribution is 6.09. The van der Waals surface area contributed by atoms with E-state index in [9.17, 15) is 30.3 Å². The van der Waals surface area contributed by atoms with Crippen molar-refractivity contribution in [3.05, 3.63) is 45.8 Å². The smallest absolute Gasteiger partial charge is 0.344 e. The molecule has 0 unspecified atom stereocenters. The number of benzene rings is 2. The molecule has 10 nitrogen and oxygen atoms in total. The molecule has 0 saturated carbocycles. The molecule has 0 bridgehead atoms. The molecule has 1 aliphatic rings. The Balaban J connectivity index is 1.86. The van der Waals surface area contributed by atoms with Gasteiger partial charge in [-0.25, -0.2) is 4.79 Å². The van der Waals surface area contributed by atoms with Gasteiger partial charge in [-0.05, 0) is 30.5 Å². The normalized spacial score (nSPS) is 25.5. The largest absolute Gasteiger partial charge is 0.490 e. The van der Waals surface area contributed by atoms with Gasteiger partial charge in [0.15, 0.2) is 11.3 Å². The summed E-state index contributed by atoms with van der Waals surface area (Å²) in [5, 5.41) is 50.7. The van der Waals surface area contributed by atoms with Crippen LogP contribution in [-0.2, 0) is 11.2 Å². The second-order valence-corrected chi connectivity index (χ2v) is 7.95. The first-order valence-corrected chi connectivity index (χ1v) is 10.5. The fourth-order valence-electron chi connectivity index (χ4n) is 4.26. The number of hydrogen-bond acceptors (Lipinski definition) is 10. The van der Waals surface area contributed by atoms with Gasteiger partial charge in [0, 0.05) is 17.4 Å². The summed E-state index contributed by atoms with van der Waals surface area (Å²) in [6, 6.07) is 6.93. The van der Waals surface area contributed by atoms with Crippen molar-refractivity contribution in [1.82, 2.24) is 0 Å². The number of aliphatic hydroxyl groups is 5. The van der Waals surface area contributed by atoms with Crippen LogP contribution in [0.2, 0.25) is 0 Å². The van der Waals surface area contributed by atoms with E-state index >= 15 is 0 Å². The number of fused-ring (bicyclic) bond motifs is 3. The number of aryl methyl sites for hydroxylation is 1. The van der Waals surface area contributed by atoms with Crippen LogP contribution < -0.4 is 15.1 Å². The molecule has 178 valence electrons. The molecule has 0 radical (unpaired) electrons. The third kappa shape index (κ3) is 3.95. The maximum atomic E-state index is 12.9. The van der Waals surface area contributed by atoms with Gasteiger partial charge < -0.3 is 44.2 Å². The van der Waals surface area contributed by atoms with Crippen LogP contribution >= 0.6 is 0 Å². The molecule has 1 fully saturated rings. The minimum atomic E-state index is -1.62. The topological polar surface area (TPSA) is 159 Å². The third-order valence-corrected chi connectivity index (χ3v) is 5.89. The Morgan fingerprint density at radius 2 is 1.82 bits per heavy atom. The summed E-state index contributed by atoms with van der Waals surface area (Å²) in [4.78, 5) is 12.9. The van der Waals surface area contributed by atoms with Gasteiger partial charge in [0.1, 0.15) is 24.4 Å².